The summed E-state index contributed by atoms with van der Waals surface area (Å²) in [7, 11) is 0. The molecule has 0 heterocycles. The zero-order valence-corrected chi connectivity index (χ0v) is 13.7. The van der Waals surface area contributed by atoms with Gasteiger partial charge in [0.05, 0.1) is 6.54 Å². The van der Waals surface area contributed by atoms with Gasteiger partial charge in [-0.05, 0) is 41.7 Å². The van der Waals surface area contributed by atoms with Crippen molar-refractivity contribution in [1.29, 1.82) is 0 Å². The first kappa shape index (κ1) is 16.8. The maximum Gasteiger partial charge on any atom is 0.243 e. The van der Waals surface area contributed by atoms with Crippen molar-refractivity contribution in [3.05, 3.63) is 69.2 Å². The average Bonchev–Trinajstić information content (AvgIpc) is 2.48. The van der Waals surface area contributed by atoms with Crippen molar-refractivity contribution in [1.82, 2.24) is 5.06 Å². The molecule has 0 aliphatic heterocycles. The lowest BCUT2D eigenvalue weighted by Gasteiger charge is -2.13. The minimum atomic E-state index is -0.377. The van der Waals surface area contributed by atoms with Gasteiger partial charge in [0.1, 0.15) is 0 Å². The van der Waals surface area contributed by atoms with Crippen molar-refractivity contribution < 1.29 is 10.0 Å². The van der Waals surface area contributed by atoms with E-state index in [4.69, 9.17) is 23.2 Å². The first-order valence-corrected chi connectivity index (χ1v) is 7.70. The van der Waals surface area contributed by atoms with Crippen LogP contribution in [0.15, 0.2) is 42.5 Å². The zero-order chi connectivity index (χ0) is 16.1. The van der Waals surface area contributed by atoms with E-state index in [9.17, 15) is 10.0 Å². The predicted octanol–water partition coefficient (Wildman–Crippen LogP) is 4.52. The molecule has 0 radical (unpaired) electrons. The zero-order valence-electron chi connectivity index (χ0n) is 12.2. The molecule has 0 atom stereocenters. The van der Waals surface area contributed by atoms with Crippen molar-refractivity contribution in [2.75, 3.05) is 0 Å². The molecule has 2 aromatic rings. The van der Waals surface area contributed by atoms with E-state index in [1.807, 2.05) is 42.5 Å². The summed E-state index contributed by atoms with van der Waals surface area (Å²) in [6.45, 7) is 1.51. The fourth-order valence-electron chi connectivity index (χ4n) is 2.14. The molecule has 5 heteroatoms. The molecule has 0 spiro atoms. The number of hydrogen-bond acceptors (Lipinski definition) is 2. The topological polar surface area (TPSA) is 40.5 Å². The van der Waals surface area contributed by atoms with Gasteiger partial charge >= 0.3 is 0 Å². The van der Waals surface area contributed by atoms with Crippen molar-refractivity contribution in [2.45, 2.75) is 26.3 Å². The van der Waals surface area contributed by atoms with Crippen LogP contribution < -0.4 is 0 Å². The Hall–Kier alpha value is -1.55. The van der Waals surface area contributed by atoms with Crippen LogP contribution in [0.25, 0.3) is 0 Å². The maximum atomic E-state index is 11.0. The van der Waals surface area contributed by atoms with E-state index in [0.29, 0.717) is 15.1 Å². The van der Waals surface area contributed by atoms with Crippen molar-refractivity contribution in [3.63, 3.8) is 0 Å². The van der Waals surface area contributed by atoms with Crippen molar-refractivity contribution >= 4 is 29.1 Å². The Morgan fingerprint density at radius 1 is 1.00 bits per heavy atom. The highest BCUT2D eigenvalue weighted by Gasteiger charge is 2.07. The van der Waals surface area contributed by atoms with Crippen LogP contribution >= 0.6 is 23.2 Å². The van der Waals surface area contributed by atoms with Gasteiger partial charge in [0.2, 0.25) is 5.91 Å². The number of aryl methyl sites for hydroxylation is 1. The fraction of sp³-hybridized carbons (Fsp3) is 0.235. The van der Waals surface area contributed by atoms with Crippen LogP contribution in [0, 0.1) is 0 Å². The molecule has 0 aromatic heterocycles. The summed E-state index contributed by atoms with van der Waals surface area (Å²) >= 11 is 12.3. The highest BCUT2D eigenvalue weighted by atomic mass is 35.5. The van der Waals surface area contributed by atoms with E-state index in [2.05, 4.69) is 0 Å². The lowest BCUT2D eigenvalue weighted by Crippen LogP contribution is -2.23. The predicted molar refractivity (Wildman–Crippen MR) is 88.3 cm³/mol. The molecule has 3 nitrogen and oxygen atoms in total. The second-order valence-corrected chi connectivity index (χ2v) is 5.91. The van der Waals surface area contributed by atoms with Crippen molar-refractivity contribution in [3.8, 4) is 0 Å². The molecule has 0 saturated carbocycles. The number of amides is 1. The van der Waals surface area contributed by atoms with Gasteiger partial charge in [0.15, 0.2) is 0 Å². The number of benzene rings is 2. The molecule has 0 bridgehead atoms. The number of carbonyl (C=O) groups is 1. The number of halogens is 2. The van der Waals surface area contributed by atoms with Gasteiger partial charge in [-0.2, -0.15) is 0 Å². The number of nitrogens with zero attached hydrogens (tertiary/aromatic N) is 1. The molecule has 2 rings (SSSR count). The number of carbonyl (C=O) groups excluding carboxylic acids is 1. The van der Waals surface area contributed by atoms with Gasteiger partial charge in [-0.25, -0.2) is 5.06 Å². The number of hydroxylamine groups is 2. The van der Waals surface area contributed by atoms with Gasteiger partial charge in [-0.15, -0.1) is 0 Å². The minimum Gasteiger partial charge on any atom is -0.286 e. The molecular formula is C17H17Cl2NO2. The van der Waals surface area contributed by atoms with Crippen LogP contribution in [-0.4, -0.2) is 16.2 Å². The second-order valence-electron chi connectivity index (χ2n) is 5.09. The molecule has 22 heavy (non-hydrogen) atoms. The average molecular weight is 338 g/mol. The third-order valence-corrected chi connectivity index (χ3v) is 4.15. The quantitative estimate of drug-likeness (QED) is 0.643. The smallest absolute Gasteiger partial charge is 0.243 e. The summed E-state index contributed by atoms with van der Waals surface area (Å²) in [5, 5.41) is 11.5. The van der Waals surface area contributed by atoms with Crippen molar-refractivity contribution in [2.24, 2.45) is 0 Å². The number of rotatable bonds is 5. The van der Waals surface area contributed by atoms with Crippen LogP contribution in [0.5, 0.6) is 0 Å². The highest BCUT2D eigenvalue weighted by molar-refractivity contribution is 6.35. The second kappa shape index (κ2) is 7.63. The maximum absolute atomic E-state index is 11.0. The van der Waals surface area contributed by atoms with E-state index >= 15 is 0 Å². The number of hydrogen-bond donors (Lipinski definition) is 1. The van der Waals surface area contributed by atoms with Gasteiger partial charge in [0.25, 0.3) is 0 Å². The molecular weight excluding hydrogens is 321 g/mol. The molecule has 116 valence electrons. The van der Waals surface area contributed by atoms with Gasteiger partial charge in [-0.1, -0.05) is 53.5 Å². The van der Waals surface area contributed by atoms with Crippen LogP contribution in [0.3, 0.4) is 0 Å². The van der Waals surface area contributed by atoms with Gasteiger partial charge < -0.3 is 0 Å². The van der Waals surface area contributed by atoms with Crippen LogP contribution in [0.2, 0.25) is 10.0 Å². The molecule has 0 fully saturated rings. The summed E-state index contributed by atoms with van der Waals surface area (Å²) < 4.78 is 0. The van der Waals surface area contributed by atoms with Crippen LogP contribution in [0.4, 0.5) is 0 Å². The molecule has 0 unspecified atom stereocenters. The Bertz CT molecular complexity index is 636. The molecule has 1 N–H and O–H groups in total. The molecule has 1 amide bonds. The first-order valence-electron chi connectivity index (χ1n) is 6.95. The Balaban J connectivity index is 1.98. The lowest BCUT2D eigenvalue weighted by molar-refractivity contribution is -0.165. The molecule has 0 aliphatic carbocycles. The monoisotopic (exact) mass is 337 g/mol. The fourth-order valence-corrected chi connectivity index (χ4v) is 2.72. The summed E-state index contributed by atoms with van der Waals surface area (Å²) in [5.41, 5.74) is 2.97. The molecule has 0 saturated heterocycles. The third-order valence-electron chi connectivity index (χ3n) is 3.44. The summed E-state index contributed by atoms with van der Waals surface area (Å²) in [6.07, 6.45) is 1.58. The van der Waals surface area contributed by atoms with Gasteiger partial charge in [-0.3, -0.25) is 10.0 Å². The van der Waals surface area contributed by atoms with E-state index in [-0.39, 0.29) is 12.5 Å². The third kappa shape index (κ3) is 4.47. The Labute approximate surface area is 140 Å². The normalized spacial score (nSPS) is 10.5. The Kier molecular flexibility index (Phi) is 5.83. The van der Waals surface area contributed by atoms with Gasteiger partial charge in [0, 0.05) is 17.0 Å². The summed E-state index contributed by atoms with van der Waals surface area (Å²) in [6, 6.07) is 13.3. The van der Waals surface area contributed by atoms with Crippen LogP contribution in [-0.2, 0) is 24.2 Å². The summed E-state index contributed by atoms with van der Waals surface area (Å²) in [5.74, 6) is -0.377. The Morgan fingerprint density at radius 2 is 1.55 bits per heavy atom. The largest absolute Gasteiger partial charge is 0.286 e. The molecule has 2 aromatic carbocycles. The van der Waals surface area contributed by atoms with Crippen LogP contribution in [0.1, 0.15) is 23.6 Å². The lowest BCUT2D eigenvalue weighted by atomic mass is 10.0. The molecule has 0 aliphatic rings. The summed E-state index contributed by atoms with van der Waals surface area (Å²) in [4.78, 5) is 11.0. The standard InChI is InChI=1S/C17H17Cl2NO2/c1-12(21)20(22)11-14-7-5-13(6-8-14)9-10-15-16(18)3-2-4-17(15)19/h2-8,22H,9-11H2,1H3. The van der Waals surface area contributed by atoms with E-state index in [0.717, 1.165) is 29.5 Å². The van der Waals surface area contributed by atoms with E-state index < -0.39 is 0 Å². The SMILES string of the molecule is CC(=O)N(O)Cc1ccc(CCc2c(Cl)cccc2Cl)cc1. The Morgan fingerprint density at radius 3 is 2.09 bits per heavy atom. The minimum absolute atomic E-state index is 0.186. The van der Waals surface area contributed by atoms with E-state index in [1.165, 1.54) is 6.92 Å². The van der Waals surface area contributed by atoms with E-state index in [1.54, 1.807) is 0 Å². The first-order chi connectivity index (χ1) is 10.5. The highest BCUT2D eigenvalue weighted by Crippen LogP contribution is 2.25.